The molecule has 5 rings (SSSR count). The summed E-state index contributed by atoms with van der Waals surface area (Å²) in [7, 11) is 0. The van der Waals surface area contributed by atoms with E-state index in [2.05, 4.69) is 35.5 Å². The van der Waals surface area contributed by atoms with Gasteiger partial charge >= 0.3 is 6.01 Å². The van der Waals surface area contributed by atoms with Crippen LogP contribution in [0.5, 0.6) is 11.9 Å². The van der Waals surface area contributed by atoms with Crippen molar-refractivity contribution in [2.45, 2.75) is 38.9 Å². The average molecular weight is 432 g/mol. The fourth-order valence-electron chi connectivity index (χ4n) is 3.75. The van der Waals surface area contributed by atoms with E-state index in [4.69, 9.17) is 9.47 Å². The fraction of sp³-hybridized carbons (Fsp3) is 0.348. The second kappa shape index (κ2) is 8.88. The summed E-state index contributed by atoms with van der Waals surface area (Å²) in [6.45, 7) is 5.75. The topological polar surface area (TPSA) is 111 Å². The zero-order valence-electron chi connectivity index (χ0n) is 18.1. The molecule has 9 nitrogen and oxygen atoms in total. The predicted octanol–water partition coefficient (Wildman–Crippen LogP) is 3.39. The number of nitrogens with zero attached hydrogens (tertiary/aromatic N) is 5. The molecule has 4 aromatic rings. The van der Waals surface area contributed by atoms with Crippen molar-refractivity contribution >= 4 is 10.9 Å². The number of rotatable bonds is 6. The molecule has 1 aliphatic rings. The Labute approximate surface area is 185 Å². The van der Waals surface area contributed by atoms with Gasteiger partial charge in [0.25, 0.3) is 0 Å². The maximum absolute atomic E-state index is 6.04. The summed E-state index contributed by atoms with van der Waals surface area (Å²) >= 11 is 0. The summed E-state index contributed by atoms with van der Waals surface area (Å²) < 4.78 is 11.7. The second-order valence-electron chi connectivity index (χ2n) is 8.05. The van der Waals surface area contributed by atoms with Gasteiger partial charge in [0, 0.05) is 23.7 Å². The monoisotopic (exact) mass is 431 g/mol. The molecule has 0 aliphatic carbocycles. The predicted molar refractivity (Wildman–Crippen MR) is 120 cm³/mol. The van der Waals surface area contributed by atoms with E-state index in [1.807, 2.05) is 38.1 Å². The minimum atomic E-state index is 0.00525. The van der Waals surface area contributed by atoms with Gasteiger partial charge in [-0.15, -0.1) is 0 Å². The molecule has 1 atom stereocenters. The van der Waals surface area contributed by atoms with Gasteiger partial charge in [0.05, 0.1) is 29.7 Å². The third-order valence-corrected chi connectivity index (χ3v) is 5.23. The number of piperidine rings is 1. The first kappa shape index (κ1) is 20.3. The van der Waals surface area contributed by atoms with Crippen LogP contribution in [-0.2, 0) is 0 Å². The van der Waals surface area contributed by atoms with Crippen LogP contribution in [0, 0.1) is 0 Å². The van der Waals surface area contributed by atoms with E-state index >= 15 is 0 Å². The smallest absolute Gasteiger partial charge is 0.317 e. The first-order valence-corrected chi connectivity index (χ1v) is 10.8. The molecule has 0 saturated carbocycles. The molecule has 0 unspecified atom stereocenters. The SMILES string of the molecule is CC(C)Oc1nccc(-c2ccc3[nH]nc(-c4cncc(O[C@@H]5CCCNC5)n4)c3c2)n1. The number of fused-ring (bicyclic) bond motifs is 1. The quantitative estimate of drug-likeness (QED) is 0.478. The fourth-order valence-corrected chi connectivity index (χ4v) is 3.75. The van der Waals surface area contributed by atoms with Crippen molar-refractivity contribution in [3.8, 4) is 34.5 Å². The molecule has 32 heavy (non-hydrogen) atoms. The molecule has 9 heteroatoms. The van der Waals surface area contributed by atoms with Crippen molar-refractivity contribution in [1.82, 2.24) is 35.5 Å². The van der Waals surface area contributed by atoms with E-state index in [0.717, 1.165) is 48.1 Å². The van der Waals surface area contributed by atoms with Crippen molar-refractivity contribution in [2.75, 3.05) is 13.1 Å². The lowest BCUT2D eigenvalue weighted by atomic mass is 10.1. The lowest BCUT2D eigenvalue weighted by Crippen LogP contribution is -2.37. The van der Waals surface area contributed by atoms with Crippen molar-refractivity contribution in [2.24, 2.45) is 0 Å². The Hall–Kier alpha value is -3.59. The number of benzene rings is 1. The molecule has 2 N–H and O–H groups in total. The lowest BCUT2D eigenvalue weighted by Gasteiger charge is -2.23. The minimum absolute atomic E-state index is 0.00525. The van der Waals surface area contributed by atoms with Crippen LogP contribution in [0.4, 0.5) is 0 Å². The Bertz CT molecular complexity index is 1220. The number of nitrogens with one attached hydrogen (secondary N) is 2. The zero-order chi connectivity index (χ0) is 21.9. The third-order valence-electron chi connectivity index (χ3n) is 5.23. The van der Waals surface area contributed by atoms with Crippen molar-refractivity contribution in [3.05, 3.63) is 42.9 Å². The summed E-state index contributed by atoms with van der Waals surface area (Å²) in [6.07, 6.45) is 7.27. The highest BCUT2D eigenvalue weighted by atomic mass is 16.5. The van der Waals surface area contributed by atoms with Crippen LogP contribution < -0.4 is 14.8 Å². The van der Waals surface area contributed by atoms with Gasteiger partial charge in [-0.2, -0.15) is 10.1 Å². The minimum Gasteiger partial charge on any atom is -0.472 e. The molecule has 0 radical (unpaired) electrons. The standard InChI is InChI=1S/C23H25N7O2/c1-14(2)31-23-26-9-7-18(28-23)15-5-6-19-17(10-15)22(30-29-19)20-12-25-13-21(27-20)32-16-4-3-8-24-11-16/h5-7,9-10,12-14,16,24H,3-4,8,11H2,1-2H3,(H,29,30)/t16-/m1/s1. The highest BCUT2D eigenvalue weighted by Gasteiger charge is 2.17. The van der Waals surface area contributed by atoms with Gasteiger partial charge in [-0.25, -0.2) is 9.97 Å². The van der Waals surface area contributed by atoms with E-state index in [-0.39, 0.29) is 12.2 Å². The number of aromatic nitrogens is 6. The van der Waals surface area contributed by atoms with Crippen LogP contribution in [0.25, 0.3) is 33.5 Å². The molecular weight excluding hydrogens is 406 g/mol. The molecule has 164 valence electrons. The Balaban J connectivity index is 1.46. The second-order valence-corrected chi connectivity index (χ2v) is 8.05. The van der Waals surface area contributed by atoms with Crippen LogP contribution in [-0.4, -0.2) is 55.4 Å². The number of ether oxygens (including phenoxy) is 2. The van der Waals surface area contributed by atoms with Gasteiger partial charge in [0.2, 0.25) is 5.88 Å². The Morgan fingerprint density at radius 1 is 1.09 bits per heavy atom. The Morgan fingerprint density at radius 2 is 2.03 bits per heavy atom. The van der Waals surface area contributed by atoms with E-state index in [0.29, 0.717) is 23.3 Å². The van der Waals surface area contributed by atoms with E-state index < -0.39 is 0 Å². The molecule has 1 fully saturated rings. The number of hydrogen-bond acceptors (Lipinski definition) is 8. The molecule has 3 aromatic heterocycles. The number of hydrogen-bond donors (Lipinski definition) is 2. The molecular formula is C23H25N7O2. The Kier molecular flexibility index (Phi) is 5.64. The molecule has 1 saturated heterocycles. The van der Waals surface area contributed by atoms with Crippen LogP contribution in [0.2, 0.25) is 0 Å². The maximum Gasteiger partial charge on any atom is 0.317 e. The molecule has 0 bridgehead atoms. The largest absolute Gasteiger partial charge is 0.472 e. The highest BCUT2D eigenvalue weighted by molar-refractivity contribution is 5.94. The van der Waals surface area contributed by atoms with Crippen LogP contribution in [0.1, 0.15) is 26.7 Å². The van der Waals surface area contributed by atoms with Crippen molar-refractivity contribution in [1.29, 1.82) is 0 Å². The van der Waals surface area contributed by atoms with E-state index in [1.54, 1.807) is 18.6 Å². The van der Waals surface area contributed by atoms with Crippen LogP contribution >= 0.6 is 0 Å². The zero-order valence-corrected chi connectivity index (χ0v) is 18.1. The molecule has 0 amide bonds. The highest BCUT2D eigenvalue weighted by Crippen LogP contribution is 2.30. The van der Waals surface area contributed by atoms with Gasteiger partial charge in [-0.05, 0) is 51.4 Å². The molecule has 4 heterocycles. The molecule has 0 spiro atoms. The molecule has 1 aromatic carbocycles. The number of H-pyrrole nitrogens is 1. The van der Waals surface area contributed by atoms with E-state index in [1.165, 1.54) is 0 Å². The first-order chi connectivity index (χ1) is 15.7. The summed E-state index contributed by atoms with van der Waals surface area (Å²) in [5.41, 5.74) is 3.99. The number of aromatic amines is 1. The Morgan fingerprint density at radius 3 is 2.88 bits per heavy atom. The van der Waals surface area contributed by atoms with Crippen molar-refractivity contribution in [3.63, 3.8) is 0 Å². The third kappa shape index (κ3) is 4.38. The summed E-state index contributed by atoms with van der Waals surface area (Å²) in [4.78, 5) is 17.7. The summed E-state index contributed by atoms with van der Waals surface area (Å²) in [5, 5.41) is 11.8. The van der Waals surface area contributed by atoms with Crippen LogP contribution in [0.3, 0.4) is 0 Å². The maximum atomic E-state index is 6.04. The van der Waals surface area contributed by atoms with Gasteiger partial charge in [0.1, 0.15) is 17.5 Å². The first-order valence-electron chi connectivity index (χ1n) is 10.8. The normalized spacial score (nSPS) is 16.4. The van der Waals surface area contributed by atoms with E-state index in [9.17, 15) is 0 Å². The lowest BCUT2D eigenvalue weighted by molar-refractivity contribution is 0.160. The molecule has 1 aliphatic heterocycles. The van der Waals surface area contributed by atoms with Gasteiger partial charge in [-0.1, -0.05) is 6.07 Å². The summed E-state index contributed by atoms with van der Waals surface area (Å²) in [6, 6.07) is 8.23. The van der Waals surface area contributed by atoms with Crippen molar-refractivity contribution < 1.29 is 9.47 Å². The van der Waals surface area contributed by atoms with Gasteiger partial charge in [-0.3, -0.25) is 10.1 Å². The van der Waals surface area contributed by atoms with Gasteiger partial charge < -0.3 is 14.8 Å². The van der Waals surface area contributed by atoms with Gasteiger partial charge in [0.15, 0.2) is 0 Å². The summed E-state index contributed by atoms with van der Waals surface area (Å²) in [5.74, 6) is 0.509. The van der Waals surface area contributed by atoms with Crippen LogP contribution in [0.15, 0.2) is 42.9 Å². The average Bonchev–Trinajstić information content (AvgIpc) is 3.23.